The zero-order valence-electron chi connectivity index (χ0n) is 17.1. The van der Waals surface area contributed by atoms with Crippen LogP contribution in [-0.4, -0.2) is 41.5 Å². The second-order valence-electron chi connectivity index (χ2n) is 7.03. The molecule has 0 N–H and O–H groups in total. The summed E-state index contributed by atoms with van der Waals surface area (Å²) in [6.07, 6.45) is 4.34. The maximum absolute atomic E-state index is 12.2. The zero-order valence-corrected chi connectivity index (χ0v) is 17.1. The van der Waals surface area contributed by atoms with Crippen LogP contribution >= 0.6 is 0 Å². The number of nitrogens with zero attached hydrogens (tertiary/aromatic N) is 2. The third-order valence-electron chi connectivity index (χ3n) is 4.88. The fourth-order valence-electron chi connectivity index (χ4n) is 3.38. The molecule has 0 amide bonds. The number of hydrogen-bond donors (Lipinski definition) is 0. The normalized spacial score (nSPS) is 15.8. The van der Waals surface area contributed by atoms with Gasteiger partial charge in [-0.25, -0.2) is 9.59 Å². The van der Waals surface area contributed by atoms with Gasteiger partial charge in [-0.1, -0.05) is 42.5 Å². The molecule has 1 fully saturated rings. The molecule has 0 radical (unpaired) electrons. The molecule has 0 bridgehead atoms. The molecule has 0 spiro atoms. The molecule has 1 atom stereocenters. The molecule has 1 aromatic heterocycles. The van der Waals surface area contributed by atoms with Crippen LogP contribution in [0.2, 0.25) is 0 Å². The van der Waals surface area contributed by atoms with Crippen molar-refractivity contribution < 1.29 is 23.8 Å². The number of esters is 2. The minimum absolute atomic E-state index is 0.269. The van der Waals surface area contributed by atoms with Gasteiger partial charge in [0.05, 0.1) is 20.3 Å². The molecule has 2 aromatic carbocycles. The first kappa shape index (κ1) is 20.4. The van der Waals surface area contributed by atoms with Gasteiger partial charge in [0.25, 0.3) is 0 Å². The largest absolute Gasteiger partial charge is 0.496 e. The van der Waals surface area contributed by atoms with E-state index < -0.39 is 18.0 Å². The van der Waals surface area contributed by atoms with E-state index in [1.165, 1.54) is 6.08 Å². The summed E-state index contributed by atoms with van der Waals surface area (Å²) in [5.74, 6) is -0.434. The molecular formula is C24H22N2O5. The summed E-state index contributed by atoms with van der Waals surface area (Å²) in [5.41, 5.74) is 3.32. The van der Waals surface area contributed by atoms with Gasteiger partial charge in [-0.15, -0.1) is 0 Å². The molecule has 7 heteroatoms. The number of cyclic esters (lactones) is 1. The third kappa shape index (κ3) is 4.83. The second kappa shape index (κ2) is 9.30. The van der Waals surface area contributed by atoms with E-state index in [2.05, 4.69) is 0 Å². The Balaban J connectivity index is 1.62. The van der Waals surface area contributed by atoms with E-state index >= 15 is 0 Å². The van der Waals surface area contributed by atoms with E-state index in [1.807, 2.05) is 65.5 Å². The quantitative estimate of drug-likeness (QED) is 0.432. The number of carbonyl (C=O) groups is 2. The molecule has 2 heterocycles. The van der Waals surface area contributed by atoms with Gasteiger partial charge < -0.3 is 14.2 Å². The van der Waals surface area contributed by atoms with Gasteiger partial charge in [-0.2, -0.15) is 5.10 Å². The van der Waals surface area contributed by atoms with Crippen molar-refractivity contribution in [1.82, 2.24) is 9.78 Å². The Kier molecular flexibility index (Phi) is 6.12. The SMILES string of the molecule is COc1ccccc1-c1nn(Cc2ccccc2)cc1/C=C/C(=O)O[C@H]1CCOC1=O. The Morgan fingerprint density at radius 1 is 1.19 bits per heavy atom. The average Bonchev–Trinajstić information content (AvgIpc) is 3.38. The third-order valence-corrected chi connectivity index (χ3v) is 4.88. The van der Waals surface area contributed by atoms with E-state index in [0.717, 1.165) is 16.7 Å². The molecule has 1 aliphatic heterocycles. The molecule has 31 heavy (non-hydrogen) atoms. The Morgan fingerprint density at radius 2 is 1.97 bits per heavy atom. The zero-order chi connectivity index (χ0) is 21.6. The molecular weight excluding hydrogens is 396 g/mol. The molecule has 0 unspecified atom stereocenters. The van der Waals surface area contributed by atoms with Gasteiger partial charge in [0.15, 0.2) is 0 Å². The van der Waals surface area contributed by atoms with Crippen LogP contribution in [0.4, 0.5) is 0 Å². The van der Waals surface area contributed by atoms with Crippen LogP contribution in [0, 0.1) is 0 Å². The summed E-state index contributed by atoms with van der Waals surface area (Å²) in [6, 6.07) is 17.5. The minimum Gasteiger partial charge on any atom is -0.496 e. The van der Waals surface area contributed by atoms with Gasteiger partial charge in [-0.05, 0) is 23.8 Å². The molecule has 7 nitrogen and oxygen atoms in total. The molecule has 0 saturated carbocycles. The Morgan fingerprint density at radius 3 is 2.71 bits per heavy atom. The van der Waals surface area contributed by atoms with E-state index in [1.54, 1.807) is 13.2 Å². The number of para-hydroxylation sites is 1. The number of aromatic nitrogens is 2. The van der Waals surface area contributed by atoms with Crippen molar-refractivity contribution in [3.05, 3.63) is 78.0 Å². The summed E-state index contributed by atoms with van der Waals surface area (Å²) in [4.78, 5) is 23.7. The van der Waals surface area contributed by atoms with Crippen LogP contribution in [0.5, 0.6) is 5.75 Å². The van der Waals surface area contributed by atoms with Crippen LogP contribution in [0.1, 0.15) is 17.5 Å². The predicted molar refractivity (Wildman–Crippen MR) is 114 cm³/mol. The maximum Gasteiger partial charge on any atom is 0.347 e. The summed E-state index contributed by atoms with van der Waals surface area (Å²) < 4.78 is 17.3. The Hall–Kier alpha value is -3.87. The first-order valence-corrected chi connectivity index (χ1v) is 9.94. The van der Waals surface area contributed by atoms with E-state index in [9.17, 15) is 9.59 Å². The molecule has 1 aliphatic rings. The molecule has 1 saturated heterocycles. The van der Waals surface area contributed by atoms with Crippen LogP contribution in [0.3, 0.4) is 0 Å². The topological polar surface area (TPSA) is 79.7 Å². The van der Waals surface area contributed by atoms with Gasteiger partial charge in [0.2, 0.25) is 6.10 Å². The maximum atomic E-state index is 12.2. The van der Waals surface area contributed by atoms with Crippen molar-refractivity contribution in [2.75, 3.05) is 13.7 Å². The van der Waals surface area contributed by atoms with Crippen molar-refractivity contribution in [2.24, 2.45) is 0 Å². The van der Waals surface area contributed by atoms with Crippen LogP contribution in [0.15, 0.2) is 66.9 Å². The van der Waals surface area contributed by atoms with Gasteiger partial charge >= 0.3 is 11.9 Å². The lowest BCUT2D eigenvalue weighted by Gasteiger charge is -2.07. The highest BCUT2D eigenvalue weighted by Crippen LogP contribution is 2.31. The highest BCUT2D eigenvalue weighted by molar-refractivity contribution is 5.91. The van der Waals surface area contributed by atoms with Crippen molar-refractivity contribution in [1.29, 1.82) is 0 Å². The van der Waals surface area contributed by atoms with Gasteiger partial charge in [0, 0.05) is 29.8 Å². The van der Waals surface area contributed by atoms with E-state index in [4.69, 9.17) is 19.3 Å². The fraction of sp³-hybridized carbons (Fsp3) is 0.208. The number of rotatable bonds is 7. The van der Waals surface area contributed by atoms with Crippen LogP contribution in [0.25, 0.3) is 17.3 Å². The van der Waals surface area contributed by atoms with Crippen molar-refractivity contribution >= 4 is 18.0 Å². The average molecular weight is 418 g/mol. The summed E-state index contributed by atoms with van der Waals surface area (Å²) >= 11 is 0. The number of benzene rings is 2. The number of methoxy groups -OCH3 is 1. The monoisotopic (exact) mass is 418 g/mol. The Bertz CT molecular complexity index is 1100. The molecule has 0 aliphatic carbocycles. The van der Waals surface area contributed by atoms with Crippen molar-refractivity contribution in [2.45, 2.75) is 19.1 Å². The molecule has 4 rings (SSSR count). The first-order chi connectivity index (χ1) is 15.1. The fourth-order valence-corrected chi connectivity index (χ4v) is 3.38. The lowest BCUT2D eigenvalue weighted by Crippen LogP contribution is -2.21. The minimum atomic E-state index is -0.841. The Labute approximate surface area is 179 Å². The van der Waals surface area contributed by atoms with Crippen LogP contribution < -0.4 is 4.74 Å². The van der Waals surface area contributed by atoms with Crippen molar-refractivity contribution in [3.63, 3.8) is 0 Å². The summed E-state index contributed by atoms with van der Waals surface area (Å²) in [7, 11) is 1.60. The number of hydrogen-bond acceptors (Lipinski definition) is 6. The second-order valence-corrected chi connectivity index (χ2v) is 7.03. The number of ether oxygens (including phenoxy) is 3. The van der Waals surface area contributed by atoms with Gasteiger partial charge in [0.1, 0.15) is 11.4 Å². The first-order valence-electron chi connectivity index (χ1n) is 9.94. The number of carbonyl (C=O) groups excluding carboxylic acids is 2. The molecule has 3 aromatic rings. The summed E-state index contributed by atoms with van der Waals surface area (Å²) in [6.45, 7) is 0.847. The van der Waals surface area contributed by atoms with E-state index in [-0.39, 0.29) is 6.61 Å². The smallest absolute Gasteiger partial charge is 0.347 e. The predicted octanol–water partition coefficient (Wildman–Crippen LogP) is 3.48. The standard InChI is InChI=1S/C24H22N2O5/c1-29-20-10-6-5-9-19(20)23-18(11-12-22(27)31-21-13-14-30-24(21)28)16-26(25-23)15-17-7-3-2-4-8-17/h2-12,16,21H,13-15H2,1H3/b12-11+/t21-/m0/s1. The van der Waals surface area contributed by atoms with E-state index in [0.29, 0.717) is 24.4 Å². The lowest BCUT2D eigenvalue weighted by atomic mass is 10.1. The lowest BCUT2D eigenvalue weighted by molar-refractivity contribution is -0.156. The van der Waals surface area contributed by atoms with Gasteiger partial charge in [-0.3, -0.25) is 4.68 Å². The van der Waals surface area contributed by atoms with Crippen LogP contribution in [-0.2, 0) is 25.6 Å². The van der Waals surface area contributed by atoms with Crippen molar-refractivity contribution in [3.8, 4) is 17.0 Å². The summed E-state index contributed by atoms with van der Waals surface area (Å²) in [5, 5.41) is 4.74. The highest BCUT2D eigenvalue weighted by Gasteiger charge is 2.29. The highest BCUT2D eigenvalue weighted by atomic mass is 16.6. The molecule has 158 valence electrons.